The Morgan fingerprint density at radius 3 is 2.67 bits per heavy atom. The molecule has 1 atom stereocenters. The fourth-order valence-electron chi connectivity index (χ4n) is 2.52. The summed E-state index contributed by atoms with van der Waals surface area (Å²) in [7, 11) is 0. The monoisotopic (exact) mass is 338 g/mol. The first-order valence-electron chi connectivity index (χ1n) is 8.11. The predicted octanol–water partition coefficient (Wildman–Crippen LogP) is 1.29. The minimum absolute atomic E-state index is 0.0412. The van der Waals surface area contributed by atoms with Gasteiger partial charge in [0.15, 0.2) is 5.82 Å². The number of aromatic nitrogens is 2. The summed E-state index contributed by atoms with van der Waals surface area (Å²) in [6, 6.07) is 0.0412. The number of piperazine rings is 1. The molecule has 2 rings (SSSR count). The highest BCUT2D eigenvalue weighted by molar-refractivity contribution is 5.69. The highest BCUT2D eigenvalue weighted by atomic mass is 16.6. The highest BCUT2D eigenvalue weighted by Gasteiger charge is 2.31. The maximum absolute atomic E-state index is 12.2. The summed E-state index contributed by atoms with van der Waals surface area (Å²) in [5, 5.41) is 8.92. The number of nitrogens with zero attached hydrogens (tertiary/aromatic N) is 4. The topological polar surface area (TPSA) is 88.0 Å². The van der Waals surface area contributed by atoms with E-state index >= 15 is 0 Å². The summed E-state index contributed by atoms with van der Waals surface area (Å²) in [5.74, 6) is 1.02. The third-order valence-corrected chi connectivity index (χ3v) is 3.53. The summed E-state index contributed by atoms with van der Waals surface area (Å²) in [5.41, 5.74) is -0.506. The van der Waals surface area contributed by atoms with E-state index in [1.807, 2.05) is 27.7 Å². The third kappa shape index (κ3) is 4.70. The van der Waals surface area contributed by atoms with Crippen molar-refractivity contribution in [2.24, 2.45) is 0 Å². The van der Waals surface area contributed by atoms with E-state index in [0.717, 1.165) is 0 Å². The molecule has 0 saturated carbocycles. The van der Waals surface area contributed by atoms with Crippen LogP contribution in [0, 0.1) is 0 Å². The molecule has 134 valence electrons. The molecule has 0 aromatic carbocycles. The molecule has 24 heavy (non-hydrogen) atoms. The van der Waals surface area contributed by atoms with E-state index in [9.17, 15) is 4.79 Å². The van der Waals surface area contributed by atoms with E-state index in [1.165, 1.54) is 0 Å². The molecule has 2 heterocycles. The van der Waals surface area contributed by atoms with Crippen LogP contribution in [0.4, 0.5) is 10.6 Å². The Kier molecular flexibility index (Phi) is 5.82. The molecule has 8 nitrogen and oxygen atoms in total. The lowest BCUT2D eigenvalue weighted by molar-refractivity contribution is 0.0218. The minimum atomic E-state index is -0.506. The van der Waals surface area contributed by atoms with Gasteiger partial charge in [0.2, 0.25) is 0 Å². The second-order valence-electron chi connectivity index (χ2n) is 6.73. The number of aliphatic hydroxyl groups is 1. The number of hydrogen-bond donors (Lipinski definition) is 1. The molecule has 1 aromatic rings. The van der Waals surface area contributed by atoms with Crippen molar-refractivity contribution in [1.29, 1.82) is 0 Å². The van der Waals surface area contributed by atoms with Gasteiger partial charge in [-0.05, 0) is 27.7 Å². The van der Waals surface area contributed by atoms with Crippen LogP contribution < -0.4 is 9.64 Å². The third-order valence-electron chi connectivity index (χ3n) is 3.53. The Balaban J connectivity index is 2.05. The second kappa shape index (κ2) is 7.65. The summed E-state index contributed by atoms with van der Waals surface area (Å²) >= 11 is 0. The first-order chi connectivity index (χ1) is 11.3. The van der Waals surface area contributed by atoms with Crippen LogP contribution in [-0.4, -0.2) is 70.6 Å². The average Bonchev–Trinajstić information content (AvgIpc) is 2.51. The molecule has 1 aromatic heterocycles. The van der Waals surface area contributed by atoms with E-state index in [-0.39, 0.29) is 25.3 Å². The molecule has 1 fully saturated rings. The van der Waals surface area contributed by atoms with Crippen molar-refractivity contribution in [1.82, 2.24) is 14.9 Å². The van der Waals surface area contributed by atoms with Gasteiger partial charge in [-0.15, -0.1) is 0 Å². The molecule has 1 N–H and O–H groups in total. The molecule has 1 amide bonds. The summed E-state index contributed by atoms with van der Waals surface area (Å²) < 4.78 is 10.9. The Hall–Kier alpha value is -2.09. The smallest absolute Gasteiger partial charge is 0.410 e. The van der Waals surface area contributed by atoms with Crippen LogP contribution in [0.25, 0.3) is 0 Å². The number of carbonyl (C=O) groups is 1. The van der Waals surface area contributed by atoms with E-state index in [1.54, 1.807) is 17.3 Å². The Morgan fingerprint density at radius 2 is 2.04 bits per heavy atom. The van der Waals surface area contributed by atoms with Crippen LogP contribution in [0.2, 0.25) is 0 Å². The van der Waals surface area contributed by atoms with Gasteiger partial charge >= 0.3 is 6.09 Å². The van der Waals surface area contributed by atoms with Crippen molar-refractivity contribution >= 4 is 11.9 Å². The van der Waals surface area contributed by atoms with Gasteiger partial charge in [0.25, 0.3) is 5.88 Å². The van der Waals surface area contributed by atoms with Crippen molar-refractivity contribution in [3.63, 3.8) is 0 Å². The number of ether oxygens (including phenoxy) is 2. The maximum Gasteiger partial charge on any atom is 0.410 e. The molecule has 0 aliphatic carbocycles. The van der Waals surface area contributed by atoms with Crippen molar-refractivity contribution in [3.05, 3.63) is 12.4 Å². The highest BCUT2D eigenvalue weighted by Crippen LogP contribution is 2.26. The number of hydrogen-bond acceptors (Lipinski definition) is 7. The fourth-order valence-corrected chi connectivity index (χ4v) is 2.52. The zero-order valence-corrected chi connectivity index (χ0v) is 14.7. The molecule has 0 radical (unpaired) electrons. The molecular formula is C16H26N4O4. The van der Waals surface area contributed by atoms with Gasteiger partial charge in [-0.2, -0.15) is 0 Å². The zero-order chi connectivity index (χ0) is 17.7. The molecule has 0 spiro atoms. The van der Waals surface area contributed by atoms with Gasteiger partial charge in [0.1, 0.15) is 12.2 Å². The molecule has 1 aliphatic rings. The van der Waals surface area contributed by atoms with Crippen molar-refractivity contribution < 1.29 is 19.4 Å². The first kappa shape index (κ1) is 18.3. The number of aliphatic hydroxyl groups excluding tert-OH is 1. The van der Waals surface area contributed by atoms with Crippen molar-refractivity contribution in [3.8, 4) is 5.88 Å². The van der Waals surface area contributed by atoms with Crippen LogP contribution in [0.3, 0.4) is 0 Å². The van der Waals surface area contributed by atoms with Crippen LogP contribution in [0.15, 0.2) is 12.4 Å². The molecule has 0 bridgehead atoms. The average molecular weight is 338 g/mol. The predicted molar refractivity (Wildman–Crippen MR) is 89.2 cm³/mol. The Morgan fingerprint density at radius 1 is 1.33 bits per heavy atom. The lowest BCUT2D eigenvalue weighted by atomic mass is 10.2. The standard InChI is InChI=1S/C16H26N4O4/c1-12-11-19(15(22)24-16(2,3)4)7-8-20(12)13-14(23-10-9-21)18-6-5-17-13/h5-6,12,21H,7-11H2,1-4H3/t12-/m1/s1. The molecule has 0 unspecified atom stereocenters. The van der Waals surface area contributed by atoms with E-state index in [4.69, 9.17) is 14.6 Å². The fraction of sp³-hybridized carbons (Fsp3) is 0.688. The summed E-state index contributed by atoms with van der Waals surface area (Å²) in [6.45, 7) is 9.34. The van der Waals surface area contributed by atoms with Gasteiger partial charge in [-0.25, -0.2) is 14.8 Å². The normalized spacial score (nSPS) is 18.5. The summed E-state index contributed by atoms with van der Waals surface area (Å²) in [4.78, 5) is 24.5. The number of amides is 1. The molecule has 8 heteroatoms. The van der Waals surface area contributed by atoms with Gasteiger partial charge in [-0.1, -0.05) is 0 Å². The maximum atomic E-state index is 12.2. The van der Waals surface area contributed by atoms with Crippen LogP contribution in [0.5, 0.6) is 5.88 Å². The largest absolute Gasteiger partial charge is 0.473 e. The second-order valence-corrected chi connectivity index (χ2v) is 6.73. The van der Waals surface area contributed by atoms with E-state index in [2.05, 4.69) is 14.9 Å². The lowest BCUT2D eigenvalue weighted by Crippen LogP contribution is -2.55. The van der Waals surface area contributed by atoms with Crippen molar-refractivity contribution in [2.45, 2.75) is 39.3 Å². The molecule has 1 aliphatic heterocycles. The SMILES string of the molecule is C[C@@H]1CN(C(=O)OC(C)(C)C)CCN1c1nccnc1OCCO. The van der Waals surface area contributed by atoms with Gasteiger partial charge in [0.05, 0.1) is 6.61 Å². The molecular weight excluding hydrogens is 312 g/mol. The first-order valence-corrected chi connectivity index (χ1v) is 8.11. The van der Waals surface area contributed by atoms with Crippen LogP contribution >= 0.6 is 0 Å². The van der Waals surface area contributed by atoms with Crippen LogP contribution in [0.1, 0.15) is 27.7 Å². The molecule has 1 saturated heterocycles. The summed E-state index contributed by atoms with van der Waals surface area (Å²) in [6.07, 6.45) is 2.86. The van der Waals surface area contributed by atoms with E-state index in [0.29, 0.717) is 31.3 Å². The number of rotatable bonds is 4. The van der Waals surface area contributed by atoms with Gasteiger partial charge in [-0.3, -0.25) is 0 Å². The minimum Gasteiger partial charge on any atom is -0.473 e. The van der Waals surface area contributed by atoms with Gasteiger partial charge < -0.3 is 24.4 Å². The Bertz CT molecular complexity index is 561. The van der Waals surface area contributed by atoms with Crippen molar-refractivity contribution in [2.75, 3.05) is 37.7 Å². The van der Waals surface area contributed by atoms with Gasteiger partial charge in [0, 0.05) is 38.1 Å². The quantitative estimate of drug-likeness (QED) is 0.885. The van der Waals surface area contributed by atoms with E-state index < -0.39 is 5.60 Å². The number of anilines is 1. The Labute approximate surface area is 142 Å². The zero-order valence-electron chi connectivity index (χ0n) is 14.7. The number of carbonyl (C=O) groups excluding carboxylic acids is 1. The van der Waals surface area contributed by atoms with Crippen LogP contribution in [-0.2, 0) is 4.74 Å². The lowest BCUT2D eigenvalue weighted by Gasteiger charge is -2.40.